The fraction of sp³-hybridized carbons (Fsp3) is 0.318. The maximum atomic E-state index is 13.2. The van der Waals surface area contributed by atoms with Crippen LogP contribution in [0.5, 0.6) is 0 Å². The molecule has 1 aromatic carbocycles. The zero-order chi connectivity index (χ0) is 22.4. The number of nitrogens with one attached hydrogen (secondary N) is 1. The van der Waals surface area contributed by atoms with Crippen LogP contribution < -0.4 is 10.2 Å². The first-order valence-electron chi connectivity index (χ1n) is 9.54. The number of pyridine rings is 1. The quantitative estimate of drug-likeness (QED) is 0.733. The number of alkyl halides is 3. The van der Waals surface area contributed by atoms with Crippen LogP contribution in [-0.2, 0) is 11.0 Å². The summed E-state index contributed by atoms with van der Waals surface area (Å²) in [5.74, 6) is 5.11. The second kappa shape index (κ2) is 9.50. The first-order chi connectivity index (χ1) is 14.8. The van der Waals surface area contributed by atoms with Gasteiger partial charge < -0.3 is 15.3 Å². The third kappa shape index (κ3) is 5.53. The van der Waals surface area contributed by atoms with Crippen molar-refractivity contribution in [1.29, 1.82) is 5.26 Å². The van der Waals surface area contributed by atoms with E-state index in [4.69, 9.17) is 10.4 Å². The summed E-state index contributed by atoms with van der Waals surface area (Å²) in [6.45, 7) is 0.589. The second-order valence-electron chi connectivity index (χ2n) is 6.98. The number of amides is 1. The van der Waals surface area contributed by atoms with Gasteiger partial charge in [0.2, 0.25) is 5.91 Å². The molecule has 0 atom stereocenters. The number of nitrogens with zero attached hydrogens (tertiary/aromatic N) is 3. The number of benzene rings is 1. The highest BCUT2D eigenvalue weighted by Crippen LogP contribution is 2.35. The van der Waals surface area contributed by atoms with Crippen molar-refractivity contribution in [3.05, 3.63) is 53.2 Å². The normalized spacial score (nSPS) is 14.4. The van der Waals surface area contributed by atoms with Crippen molar-refractivity contribution in [3.8, 4) is 17.9 Å². The lowest BCUT2D eigenvalue weighted by molar-refractivity contribution is -0.137. The van der Waals surface area contributed by atoms with Crippen LogP contribution in [0.1, 0.15) is 29.5 Å². The van der Waals surface area contributed by atoms with E-state index >= 15 is 0 Å². The Balaban J connectivity index is 1.60. The van der Waals surface area contributed by atoms with Crippen molar-refractivity contribution in [2.75, 3.05) is 29.9 Å². The molecule has 1 aliphatic rings. The smallest absolute Gasteiger partial charge is 0.384 e. The molecule has 1 fully saturated rings. The van der Waals surface area contributed by atoms with E-state index in [-0.39, 0.29) is 18.4 Å². The number of aliphatic hydroxyl groups excluding tert-OH is 1. The summed E-state index contributed by atoms with van der Waals surface area (Å²) in [6, 6.07) is 8.53. The minimum atomic E-state index is -4.61. The summed E-state index contributed by atoms with van der Waals surface area (Å²) < 4.78 is 39.6. The lowest BCUT2D eigenvalue weighted by Crippen LogP contribution is -2.38. The van der Waals surface area contributed by atoms with Crippen molar-refractivity contribution in [2.45, 2.75) is 19.0 Å². The van der Waals surface area contributed by atoms with E-state index in [2.05, 4.69) is 22.1 Å². The van der Waals surface area contributed by atoms with Crippen LogP contribution in [0.2, 0.25) is 0 Å². The van der Waals surface area contributed by atoms with Gasteiger partial charge in [0, 0.05) is 36.5 Å². The fourth-order valence-corrected chi connectivity index (χ4v) is 3.37. The Labute approximate surface area is 177 Å². The van der Waals surface area contributed by atoms with Crippen LogP contribution >= 0.6 is 0 Å². The molecule has 1 aromatic heterocycles. The molecule has 0 radical (unpaired) electrons. The number of nitriles is 1. The summed E-state index contributed by atoms with van der Waals surface area (Å²) in [6.07, 6.45) is -2.16. The molecule has 6 nitrogen and oxygen atoms in total. The Hall–Kier alpha value is -3.56. The van der Waals surface area contributed by atoms with Crippen LogP contribution in [0.4, 0.5) is 24.7 Å². The predicted octanol–water partition coefficient (Wildman–Crippen LogP) is 3.17. The Morgan fingerprint density at radius 1 is 1.26 bits per heavy atom. The van der Waals surface area contributed by atoms with Crippen molar-refractivity contribution < 1.29 is 23.1 Å². The Morgan fingerprint density at radius 3 is 2.58 bits per heavy atom. The molecule has 1 aliphatic heterocycles. The van der Waals surface area contributed by atoms with Gasteiger partial charge in [-0.1, -0.05) is 11.8 Å². The average Bonchev–Trinajstić information content (AvgIpc) is 2.77. The highest BCUT2D eigenvalue weighted by molar-refractivity contribution is 5.91. The van der Waals surface area contributed by atoms with Crippen molar-refractivity contribution in [1.82, 2.24) is 4.98 Å². The van der Waals surface area contributed by atoms with E-state index in [0.717, 1.165) is 6.07 Å². The number of carbonyl (C=O) groups excluding carboxylic acids is 1. The third-order valence-corrected chi connectivity index (χ3v) is 4.99. The first-order valence-corrected chi connectivity index (χ1v) is 9.54. The van der Waals surface area contributed by atoms with Gasteiger partial charge in [0.1, 0.15) is 12.4 Å². The largest absolute Gasteiger partial charge is 0.417 e. The molecule has 0 saturated carbocycles. The minimum absolute atomic E-state index is 0.197. The molecule has 3 rings (SSSR count). The standard InChI is InChI=1S/C22H19F3N4O2/c23-22(24,25)19-12-18(5-4-17(19)13-26)29-9-7-16(8-10-29)21(31)28-20-6-3-15(14-27-20)2-1-11-30/h3-6,12,14,16,30H,7-11H2,(H,27,28,31). The number of halogens is 3. The molecule has 2 N–H and O–H groups in total. The first kappa shape index (κ1) is 22.1. The number of hydrogen-bond acceptors (Lipinski definition) is 5. The molecule has 2 heterocycles. The van der Waals surface area contributed by atoms with Gasteiger partial charge in [0.05, 0.1) is 17.2 Å². The molecule has 1 saturated heterocycles. The van der Waals surface area contributed by atoms with E-state index in [1.54, 1.807) is 23.1 Å². The van der Waals surface area contributed by atoms with E-state index in [0.29, 0.717) is 43.0 Å². The molecule has 0 aliphatic carbocycles. The van der Waals surface area contributed by atoms with Crippen LogP contribution in [-0.4, -0.2) is 35.7 Å². The lowest BCUT2D eigenvalue weighted by atomic mass is 9.95. The number of rotatable bonds is 3. The van der Waals surface area contributed by atoms with Gasteiger partial charge in [-0.3, -0.25) is 4.79 Å². The van der Waals surface area contributed by atoms with E-state index < -0.39 is 17.3 Å². The second-order valence-corrected chi connectivity index (χ2v) is 6.98. The summed E-state index contributed by atoms with van der Waals surface area (Å²) >= 11 is 0. The average molecular weight is 428 g/mol. The molecule has 0 unspecified atom stereocenters. The minimum Gasteiger partial charge on any atom is -0.384 e. The van der Waals surface area contributed by atoms with Crippen molar-refractivity contribution in [3.63, 3.8) is 0 Å². The summed E-state index contributed by atoms with van der Waals surface area (Å²) in [7, 11) is 0. The molecule has 9 heteroatoms. The van der Waals surface area contributed by atoms with Crippen molar-refractivity contribution in [2.24, 2.45) is 5.92 Å². The Bertz CT molecular complexity index is 1040. The molecule has 1 amide bonds. The molecule has 2 aromatic rings. The number of aromatic nitrogens is 1. The van der Waals surface area contributed by atoms with Gasteiger partial charge in [-0.2, -0.15) is 18.4 Å². The predicted molar refractivity (Wildman–Crippen MR) is 108 cm³/mol. The van der Waals surface area contributed by atoms with Gasteiger partial charge in [0.15, 0.2) is 0 Å². The van der Waals surface area contributed by atoms with Crippen LogP contribution in [0.3, 0.4) is 0 Å². The number of anilines is 2. The van der Waals surface area contributed by atoms with Gasteiger partial charge in [-0.15, -0.1) is 0 Å². The fourth-order valence-electron chi connectivity index (χ4n) is 3.37. The number of aliphatic hydroxyl groups is 1. The number of carbonyl (C=O) groups is 1. The van der Waals surface area contributed by atoms with Crippen molar-refractivity contribution >= 4 is 17.4 Å². The summed E-state index contributed by atoms with van der Waals surface area (Å²) in [4.78, 5) is 18.4. The molecule has 0 spiro atoms. The highest BCUT2D eigenvalue weighted by atomic mass is 19.4. The molecular formula is C22H19F3N4O2. The zero-order valence-corrected chi connectivity index (χ0v) is 16.4. The SMILES string of the molecule is N#Cc1ccc(N2CCC(C(=O)Nc3ccc(C#CCO)cn3)CC2)cc1C(F)(F)F. The lowest BCUT2D eigenvalue weighted by Gasteiger charge is -2.33. The Kier molecular flexibility index (Phi) is 6.78. The third-order valence-electron chi connectivity index (χ3n) is 4.99. The maximum absolute atomic E-state index is 13.2. The Morgan fingerprint density at radius 2 is 2.00 bits per heavy atom. The number of hydrogen-bond donors (Lipinski definition) is 2. The maximum Gasteiger partial charge on any atom is 0.417 e. The van der Waals surface area contributed by atoms with E-state index in [1.165, 1.54) is 18.3 Å². The van der Waals surface area contributed by atoms with Gasteiger partial charge in [0.25, 0.3) is 0 Å². The number of piperidine rings is 1. The zero-order valence-electron chi connectivity index (χ0n) is 16.4. The van der Waals surface area contributed by atoms with E-state index in [9.17, 15) is 18.0 Å². The van der Waals surface area contributed by atoms with Crippen LogP contribution in [0.15, 0.2) is 36.5 Å². The van der Waals surface area contributed by atoms with Gasteiger partial charge in [-0.05, 0) is 43.2 Å². The van der Waals surface area contributed by atoms with Crippen LogP contribution in [0.25, 0.3) is 0 Å². The highest BCUT2D eigenvalue weighted by Gasteiger charge is 2.34. The topological polar surface area (TPSA) is 89.2 Å². The van der Waals surface area contributed by atoms with Gasteiger partial charge in [-0.25, -0.2) is 4.98 Å². The summed E-state index contributed by atoms with van der Waals surface area (Å²) in [5.41, 5.74) is -0.371. The van der Waals surface area contributed by atoms with Crippen LogP contribution in [0, 0.1) is 29.1 Å². The monoisotopic (exact) mass is 428 g/mol. The summed E-state index contributed by atoms with van der Waals surface area (Å²) in [5, 5.41) is 20.4. The molecule has 0 bridgehead atoms. The van der Waals surface area contributed by atoms with Gasteiger partial charge >= 0.3 is 6.18 Å². The molecule has 160 valence electrons. The molecular weight excluding hydrogens is 409 g/mol. The molecule has 31 heavy (non-hydrogen) atoms. The van der Waals surface area contributed by atoms with E-state index in [1.807, 2.05) is 0 Å².